The molecule has 1 aliphatic carbocycles. The van der Waals surface area contributed by atoms with Crippen LogP contribution in [0.3, 0.4) is 0 Å². The molecule has 4 aliphatic heterocycles. The lowest BCUT2D eigenvalue weighted by atomic mass is 9.78. The van der Waals surface area contributed by atoms with Gasteiger partial charge < -0.3 is 49.1 Å². The van der Waals surface area contributed by atoms with Crippen LogP contribution < -0.4 is 10.1 Å². The largest absolute Gasteiger partial charge is 0.507 e. The molecule has 0 aromatic heterocycles. The van der Waals surface area contributed by atoms with E-state index in [1.165, 1.54) is 47.0 Å². The Morgan fingerprint density at radius 1 is 0.963 bits per heavy atom. The summed E-state index contributed by atoms with van der Waals surface area (Å²) in [6.45, 7) is 11.7. The first-order valence-corrected chi connectivity index (χ1v) is 17.6. The van der Waals surface area contributed by atoms with Crippen LogP contribution in [0.2, 0.25) is 0 Å². The van der Waals surface area contributed by atoms with E-state index in [-0.39, 0.29) is 33.7 Å². The molecule has 1 spiro atoms. The van der Waals surface area contributed by atoms with Gasteiger partial charge in [-0.15, -0.1) is 0 Å². The van der Waals surface area contributed by atoms with E-state index in [1.54, 1.807) is 39.8 Å². The number of Topliss-reactive ketones (excluding diaryl/α,β-unsaturated/α-hetero) is 2. The van der Waals surface area contributed by atoms with Crippen LogP contribution in [0.4, 0.5) is 0 Å². The van der Waals surface area contributed by atoms with Crippen molar-refractivity contribution >= 4 is 29.4 Å². The third-order valence-corrected chi connectivity index (χ3v) is 10.6. The van der Waals surface area contributed by atoms with Crippen molar-refractivity contribution in [1.29, 1.82) is 0 Å². The molecule has 15 heteroatoms. The van der Waals surface area contributed by atoms with Gasteiger partial charge >= 0.3 is 17.7 Å². The second-order valence-corrected chi connectivity index (χ2v) is 14.4. The maximum Gasteiger partial charge on any atom is 0.335 e. The van der Waals surface area contributed by atoms with E-state index in [0.717, 1.165) is 12.3 Å². The molecule has 4 heterocycles. The fraction of sp³-hybridized carbons (Fsp3) is 0.513. The number of allylic oxidation sites excluding steroid dienone is 3. The molecule has 10 atom stereocenters. The predicted molar refractivity (Wildman–Crippen MR) is 189 cm³/mol. The van der Waals surface area contributed by atoms with E-state index in [1.807, 2.05) is 0 Å². The van der Waals surface area contributed by atoms with Gasteiger partial charge in [0, 0.05) is 61.8 Å². The standard InChI is InChI=1S/C39H47NO14/c1-17-11-10-12-18(2)37(48)40-24-15-39(51-16-26(42)53-39)29-27(33(24)46)32(45)22(6)35-28(29)36(47)38(8,54-35)50-14-13-25(49-9)19(3)34(52-23(7)41)21(5)31(44)20(4)30(17)43/h10-15,17,19-21,25,30-31,34,43-45H,16H2,1-9H3,(H,40,48)/b11-10?,14-13+,18-12+. The molecule has 4 N–H and O–H groups in total. The molecule has 0 saturated carbocycles. The van der Waals surface area contributed by atoms with Crippen molar-refractivity contribution in [1.82, 2.24) is 5.32 Å². The molecule has 6 rings (SSSR count). The van der Waals surface area contributed by atoms with E-state index in [9.17, 15) is 39.3 Å². The molecule has 1 amide bonds. The maximum atomic E-state index is 14.3. The summed E-state index contributed by atoms with van der Waals surface area (Å²) in [4.78, 5) is 66.6. The number of carbonyl (C=O) groups excluding carboxylic acids is 5. The van der Waals surface area contributed by atoms with Crippen LogP contribution in [0.25, 0.3) is 0 Å². The minimum Gasteiger partial charge on any atom is -0.507 e. The zero-order valence-corrected chi connectivity index (χ0v) is 31.6. The second kappa shape index (κ2) is 15.1. The van der Waals surface area contributed by atoms with Gasteiger partial charge in [-0.3, -0.25) is 19.2 Å². The monoisotopic (exact) mass is 753 g/mol. The normalized spacial score (nSPS) is 36.1. The maximum absolute atomic E-state index is 14.3. The molecule has 10 unspecified atom stereocenters. The highest BCUT2D eigenvalue weighted by molar-refractivity contribution is 6.19. The number of esters is 2. The molecule has 54 heavy (non-hydrogen) atoms. The number of aromatic hydroxyl groups is 1. The first kappa shape index (κ1) is 40.4. The number of phenolic OH excluding ortho intramolecular Hbond substituents is 1. The van der Waals surface area contributed by atoms with Gasteiger partial charge in [0.05, 0.1) is 47.0 Å². The molecule has 15 nitrogen and oxygen atoms in total. The predicted octanol–water partition coefficient (Wildman–Crippen LogP) is 3.17. The fourth-order valence-corrected chi connectivity index (χ4v) is 7.37. The van der Waals surface area contributed by atoms with Crippen LogP contribution >= 0.6 is 0 Å². The number of ketones is 2. The lowest BCUT2D eigenvalue weighted by Crippen LogP contribution is -2.46. The summed E-state index contributed by atoms with van der Waals surface area (Å²) in [7, 11) is 1.42. The van der Waals surface area contributed by atoms with Crippen LogP contribution in [0.5, 0.6) is 11.5 Å². The lowest BCUT2D eigenvalue weighted by molar-refractivity contribution is -0.161. The molecule has 292 valence electrons. The van der Waals surface area contributed by atoms with E-state index < -0.39 is 107 Å². The zero-order chi connectivity index (χ0) is 40.0. The molecular formula is C39H47NO14. The molecule has 1 aromatic carbocycles. The van der Waals surface area contributed by atoms with E-state index in [4.69, 9.17) is 28.4 Å². The zero-order valence-electron chi connectivity index (χ0n) is 31.6. The van der Waals surface area contributed by atoms with Crippen LogP contribution in [-0.2, 0) is 43.9 Å². The first-order chi connectivity index (χ1) is 25.3. The van der Waals surface area contributed by atoms with Gasteiger partial charge in [-0.05, 0) is 19.9 Å². The topological polar surface area (TPSA) is 213 Å². The van der Waals surface area contributed by atoms with E-state index in [0.29, 0.717) is 0 Å². The van der Waals surface area contributed by atoms with Gasteiger partial charge in [0.15, 0.2) is 0 Å². The third kappa shape index (κ3) is 7.08. The Kier molecular flexibility index (Phi) is 11.3. The number of benzene rings is 1. The number of rotatable bonds is 2. The number of fused-ring (bicyclic) bond motifs is 13. The molecule has 1 fully saturated rings. The molecule has 5 aliphatic rings. The number of ether oxygens (including phenoxy) is 6. The summed E-state index contributed by atoms with van der Waals surface area (Å²) in [5.41, 5.74) is -1.23. The van der Waals surface area contributed by atoms with Gasteiger partial charge in [-0.2, -0.15) is 0 Å². The minimum absolute atomic E-state index is 0.00812. The summed E-state index contributed by atoms with van der Waals surface area (Å²) < 4.78 is 34.8. The van der Waals surface area contributed by atoms with Crippen LogP contribution in [0, 0.1) is 30.6 Å². The second-order valence-electron chi connectivity index (χ2n) is 14.4. The third-order valence-electron chi connectivity index (χ3n) is 10.6. The molecule has 5 bridgehead atoms. The van der Waals surface area contributed by atoms with Crippen molar-refractivity contribution in [3.63, 3.8) is 0 Å². The number of carbonyl (C=O) groups is 5. The quantitative estimate of drug-likeness (QED) is 0.320. The number of phenols is 1. The summed E-state index contributed by atoms with van der Waals surface area (Å²) in [5, 5.41) is 36.6. The van der Waals surface area contributed by atoms with Crippen molar-refractivity contribution < 1.29 is 67.7 Å². The average Bonchev–Trinajstić information content (AvgIpc) is 3.62. The molecule has 1 aromatic rings. The van der Waals surface area contributed by atoms with Crippen molar-refractivity contribution in [2.75, 3.05) is 13.7 Å². The molecule has 1 saturated heterocycles. The van der Waals surface area contributed by atoms with Crippen LogP contribution in [0.1, 0.15) is 80.3 Å². The number of hydrogen-bond acceptors (Lipinski definition) is 14. The highest BCUT2D eigenvalue weighted by atomic mass is 16.8. The Labute approximate surface area is 312 Å². The first-order valence-electron chi connectivity index (χ1n) is 17.6. The number of hydrogen-bond donors (Lipinski definition) is 4. The van der Waals surface area contributed by atoms with Gasteiger partial charge in [-0.1, -0.05) is 45.9 Å². The highest BCUT2D eigenvalue weighted by Crippen LogP contribution is 2.53. The van der Waals surface area contributed by atoms with Gasteiger partial charge in [-0.25, -0.2) is 4.79 Å². The molecule has 0 radical (unpaired) electrons. The van der Waals surface area contributed by atoms with E-state index in [2.05, 4.69) is 5.32 Å². The van der Waals surface area contributed by atoms with Crippen LogP contribution in [-0.4, -0.2) is 88.7 Å². The summed E-state index contributed by atoms with van der Waals surface area (Å²) >= 11 is 0. The van der Waals surface area contributed by atoms with Crippen LogP contribution in [0.15, 0.2) is 47.9 Å². The number of amides is 1. The highest BCUT2D eigenvalue weighted by Gasteiger charge is 2.58. The summed E-state index contributed by atoms with van der Waals surface area (Å²) in [5.74, 6) is -11.4. The van der Waals surface area contributed by atoms with Crippen molar-refractivity contribution in [2.24, 2.45) is 23.7 Å². The smallest absolute Gasteiger partial charge is 0.335 e. The fourth-order valence-electron chi connectivity index (χ4n) is 7.37. The number of aliphatic hydroxyl groups is 2. The van der Waals surface area contributed by atoms with Gasteiger partial charge in [0.1, 0.15) is 24.2 Å². The Bertz CT molecular complexity index is 1880. The SMILES string of the molecule is COC1/C=C/OC2(C)Oc3c(C)c(O)c4c(c3C2=O)C2(C=C(NC(=O)/C(C)=C/C=CC(C)C(O)C(C)C(O)C(C)C(OC(C)=O)C1C)C4=O)OCC(=O)O2. The van der Waals surface area contributed by atoms with E-state index >= 15 is 0 Å². The number of aliphatic hydroxyl groups excluding tert-OH is 2. The Morgan fingerprint density at radius 3 is 2.26 bits per heavy atom. The Morgan fingerprint density at radius 2 is 1.65 bits per heavy atom. The number of nitrogens with one attached hydrogen (secondary N) is 1. The summed E-state index contributed by atoms with van der Waals surface area (Å²) in [6, 6.07) is 0. The lowest BCUT2D eigenvalue weighted by Gasteiger charge is -2.38. The van der Waals surface area contributed by atoms with Crippen molar-refractivity contribution in [2.45, 2.75) is 91.4 Å². The Balaban J connectivity index is 1.66. The molecular weight excluding hydrogens is 706 g/mol. The van der Waals surface area contributed by atoms with Crippen molar-refractivity contribution in [3.8, 4) is 11.5 Å². The van der Waals surface area contributed by atoms with Gasteiger partial charge in [0.25, 0.3) is 17.5 Å². The number of methoxy groups -OCH3 is 1. The van der Waals surface area contributed by atoms with Crippen molar-refractivity contribution in [3.05, 3.63) is 70.2 Å². The average molecular weight is 754 g/mol. The Hall–Kier alpha value is -4.83. The van der Waals surface area contributed by atoms with Gasteiger partial charge in [0.2, 0.25) is 5.78 Å². The minimum atomic E-state index is -2.21. The summed E-state index contributed by atoms with van der Waals surface area (Å²) in [6.07, 6.45) is 4.41.